The minimum Gasteiger partial charge on any atom is -0.309 e. The molecule has 102 valence electrons. The summed E-state index contributed by atoms with van der Waals surface area (Å²) in [6.07, 6.45) is 2.15. The molecule has 0 heterocycles. The van der Waals surface area contributed by atoms with Crippen molar-refractivity contribution in [2.75, 3.05) is 6.26 Å². The Bertz CT molecular complexity index is 339. The third kappa shape index (κ3) is 5.03. The van der Waals surface area contributed by atoms with E-state index < -0.39 is 0 Å². The van der Waals surface area contributed by atoms with Gasteiger partial charge in [-0.25, -0.2) is 0 Å². The van der Waals surface area contributed by atoms with Gasteiger partial charge in [-0.15, -0.1) is 0 Å². The van der Waals surface area contributed by atoms with Gasteiger partial charge in [0.2, 0.25) is 0 Å². The van der Waals surface area contributed by atoms with Crippen molar-refractivity contribution in [3.8, 4) is 0 Å². The molecule has 2 heteroatoms. The molecule has 0 saturated heterocycles. The first-order valence-electron chi connectivity index (χ1n) is 6.84. The summed E-state index contributed by atoms with van der Waals surface area (Å²) in [6, 6.07) is 9.51. The van der Waals surface area contributed by atoms with E-state index >= 15 is 0 Å². The van der Waals surface area contributed by atoms with Gasteiger partial charge >= 0.3 is 0 Å². The fourth-order valence-electron chi connectivity index (χ4n) is 2.47. The third-order valence-corrected chi connectivity index (χ3v) is 3.90. The van der Waals surface area contributed by atoms with E-state index in [0.29, 0.717) is 17.9 Å². The number of nitrogens with one attached hydrogen (secondary N) is 1. The van der Waals surface area contributed by atoms with E-state index in [9.17, 15) is 0 Å². The average Bonchev–Trinajstić information content (AvgIpc) is 2.29. The zero-order valence-corrected chi connectivity index (χ0v) is 13.2. The fraction of sp³-hybridized carbons (Fsp3) is 0.625. The van der Waals surface area contributed by atoms with E-state index in [1.165, 1.54) is 11.1 Å². The zero-order chi connectivity index (χ0) is 13.5. The van der Waals surface area contributed by atoms with Crippen molar-refractivity contribution in [2.45, 2.75) is 46.0 Å². The van der Waals surface area contributed by atoms with Crippen LogP contribution in [0.2, 0.25) is 0 Å². The van der Waals surface area contributed by atoms with Gasteiger partial charge in [0, 0.05) is 18.3 Å². The molecule has 0 unspecified atom stereocenters. The van der Waals surface area contributed by atoms with Crippen LogP contribution in [0.15, 0.2) is 24.3 Å². The van der Waals surface area contributed by atoms with Gasteiger partial charge in [0.15, 0.2) is 0 Å². The van der Waals surface area contributed by atoms with E-state index in [4.69, 9.17) is 0 Å². The molecule has 1 aromatic rings. The second-order valence-electron chi connectivity index (χ2n) is 5.65. The Balaban J connectivity index is 2.59. The van der Waals surface area contributed by atoms with Crippen LogP contribution in [-0.4, -0.2) is 12.3 Å². The number of benzene rings is 1. The van der Waals surface area contributed by atoms with Gasteiger partial charge in [-0.3, -0.25) is 0 Å². The molecule has 0 aliphatic rings. The van der Waals surface area contributed by atoms with E-state index in [1.54, 1.807) is 0 Å². The molecule has 0 aliphatic heterocycles. The van der Waals surface area contributed by atoms with Crippen molar-refractivity contribution in [3.63, 3.8) is 0 Å². The maximum Gasteiger partial charge on any atom is 0.0208 e. The van der Waals surface area contributed by atoms with Gasteiger partial charge in [0.25, 0.3) is 0 Å². The van der Waals surface area contributed by atoms with Gasteiger partial charge in [-0.2, -0.15) is 11.8 Å². The monoisotopic (exact) mass is 265 g/mol. The summed E-state index contributed by atoms with van der Waals surface area (Å²) < 4.78 is 0. The third-order valence-electron chi connectivity index (χ3n) is 3.28. The Kier molecular flexibility index (Phi) is 6.80. The van der Waals surface area contributed by atoms with Crippen LogP contribution in [0.1, 0.15) is 38.8 Å². The Morgan fingerprint density at radius 2 is 1.67 bits per heavy atom. The average molecular weight is 265 g/mol. The number of thioether (sulfide) groups is 1. The molecule has 1 N–H and O–H groups in total. The van der Waals surface area contributed by atoms with Crippen molar-refractivity contribution >= 4 is 11.8 Å². The lowest BCUT2D eigenvalue weighted by molar-refractivity contribution is 0.313. The lowest BCUT2D eigenvalue weighted by Gasteiger charge is -2.26. The molecule has 0 fully saturated rings. The van der Waals surface area contributed by atoms with Crippen molar-refractivity contribution in [1.29, 1.82) is 0 Å². The first-order valence-corrected chi connectivity index (χ1v) is 8.24. The zero-order valence-electron chi connectivity index (χ0n) is 12.4. The number of hydrogen-bond donors (Lipinski definition) is 1. The molecule has 0 saturated carbocycles. The largest absolute Gasteiger partial charge is 0.309 e. The molecule has 0 radical (unpaired) electrons. The van der Waals surface area contributed by atoms with Gasteiger partial charge in [0.1, 0.15) is 0 Å². The van der Waals surface area contributed by atoms with Gasteiger partial charge in [-0.1, -0.05) is 52.0 Å². The van der Waals surface area contributed by atoms with E-state index in [0.717, 1.165) is 12.3 Å². The SMILES string of the molecule is CSCc1cccc(CNC(C(C)C)C(C)C)c1. The minimum absolute atomic E-state index is 0.592. The standard InChI is InChI=1S/C16H27NS/c1-12(2)16(13(3)4)17-10-14-7-6-8-15(9-14)11-18-5/h6-9,12-13,16-17H,10-11H2,1-5H3. The molecule has 0 aromatic heterocycles. The molecule has 1 rings (SSSR count). The van der Waals surface area contributed by atoms with Gasteiger partial charge in [0.05, 0.1) is 0 Å². The molecule has 18 heavy (non-hydrogen) atoms. The molecule has 0 amide bonds. The Morgan fingerprint density at radius 1 is 1.06 bits per heavy atom. The first-order chi connectivity index (χ1) is 8.54. The minimum atomic E-state index is 0.592. The highest BCUT2D eigenvalue weighted by molar-refractivity contribution is 7.97. The second kappa shape index (κ2) is 7.85. The van der Waals surface area contributed by atoms with Gasteiger partial charge < -0.3 is 5.32 Å². The summed E-state index contributed by atoms with van der Waals surface area (Å²) in [5.74, 6) is 2.46. The summed E-state index contributed by atoms with van der Waals surface area (Å²) in [7, 11) is 0. The highest BCUT2D eigenvalue weighted by Gasteiger charge is 2.16. The quantitative estimate of drug-likeness (QED) is 0.788. The Morgan fingerprint density at radius 3 is 2.22 bits per heavy atom. The van der Waals surface area contributed by atoms with E-state index in [-0.39, 0.29) is 0 Å². The summed E-state index contributed by atoms with van der Waals surface area (Å²) in [5.41, 5.74) is 2.82. The molecular formula is C16H27NS. The normalized spacial score (nSPS) is 11.8. The van der Waals surface area contributed by atoms with Crippen LogP contribution < -0.4 is 5.32 Å². The van der Waals surface area contributed by atoms with Crippen LogP contribution in [0.25, 0.3) is 0 Å². The van der Waals surface area contributed by atoms with E-state index in [2.05, 4.69) is 63.5 Å². The highest BCUT2D eigenvalue weighted by atomic mass is 32.2. The molecule has 0 bridgehead atoms. The number of rotatable bonds is 7. The van der Waals surface area contributed by atoms with Gasteiger partial charge in [-0.05, 0) is 29.2 Å². The Labute approximate surface area is 117 Å². The van der Waals surface area contributed by atoms with Crippen molar-refractivity contribution in [1.82, 2.24) is 5.32 Å². The van der Waals surface area contributed by atoms with Crippen LogP contribution in [0, 0.1) is 11.8 Å². The topological polar surface area (TPSA) is 12.0 Å². The molecule has 1 nitrogen and oxygen atoms in total. The highest BCUT2D eigenvalue weighted by Crippen LogP contribution is 2.15. The van der Waals surface area contributed by atoms with Crippen LogP contribution in [0.4, 0.5) is 0 Å². The van der Waals surface area contributed by atoms with Crippen molar-refractivity contribution in [3.05, 3.63) is 35.4 Å². The van der Waals surface area contributed by atoms with Crippen molar-refractivity contribution in [2.24, 2.45) is 11.8 Å². The molecule has 0 spiro atoms. The predicted octanol–water partition coefficient (Wildman–Crippen LogP) is 4.32. The smallest absolute Gasteiger partial charge is 0.0208 e. The van der Waals surface area contributed by atoms with Crippen molar-refractivity contribution < 1.29 is 0 Å². The first kappa shape index (κ1) is 15.6. The van der Waals surface area contributed by atoms with Crippen LogP contribution >= 0.6 is 11.8 Å². The number of hydrogen-bond acceptors (Lipinski definition) is 2. The molecular weight excluding hydrogens is 238 g/mol. The lowest BCUT2D eigenvalue weighted by Crippen LogP contribution is -2.37. The van der Waals surface area contributed by atoms with Crippen LogP contribution in [-0.2, 0) is 12.3 Å². The van der Waals surface area contributed by atoms with E-state index in [1.807, 2.05) is 11.8 Å². The summed E-state index contributed by atoms with van der Waals surface area (Å²) in [4.78, 5) is 0. The maximum atomic E-state index is 3.70. The second-order valence-corrected chi connectivity index (χ2v) is 6.51. The predicted molar refractivity (Wildman–Crippen MR) is 84.0 cm³/mol. The molecule has 0 aliphatic carbocycles. The molecule has 0 atom stereocenters. The fourth-order valence-corrected chi connectivity index (χ4v) is 2.99. The lowest BCUT2D eigenvalue weighted by atomic mass is 9.93. The summed E-state index contributed by atoms with van der Waals surface area (Å²) in [5, 5.41) is 3.70. The maximum absolute atomic E-state index is 3.70. The van der Waals surface area contributed by atoms with Crippen LogP contribution in [0.5, 0.6) is 0 Å². The van der Waals surface area contributed by atoms with Crippen LogP contribution in [0.3, 0.4) is 0 Å². The Hall–Kier alpha value is -0.470. The summed E-state index contributed by atoms with van der Waals surface area (Å²) >= 11 is 1.88. The summed E-state index contributed by atoms with van der Waals surface area (Å²) in [6.45, 7) is 10.1. The molecule has 1 aromatic carbocycles.